The van der Waals surface area contributed by atoms with Crippen LogP contribution < -0.4 is 0 Å². The fourth-order valence-corrected chi connectivity index (χ4v) is 3.63. The van der Waals surface area contributed by atoms with Crippen molar-refractivity contribution in [3.63, 3.8) is 0 Å². The SMILES string of the molecule is CC(OCC(O)CN1CCCC1)c1cc(C(F)(F)F)ccc1CCCCC(=O)O. The Kier molecular flexibility index (Phi) is 8.92. The molecule has 0 aliphatic carbocycles. The molecule has 1 aliphatic rings. The number of β-amino-alcohol motifs (C(OH)–C–C–N with tert-alkyl or cyclic N) is 1. The fraction of sp³-hybridized carbons (Fsp3) is 0.667. The van der Waals surface area contributed by atoms with Crippen LogP contribution in [0.1, 0.15) is 61.8 Å². The normalized spacial score (nSPS) is 17.4. The number of nitrogens with zero attached hydrogens (tertiary/aromatic N) is 1. The van der Waals surface area contributed by atoms with Crippen molar-refractivity contribution in [1.29, 1.82) is 0 Å². The topological polar surface area (TPSA) is 70.0 Å². The molecule has 1 aromatic rings. The molecular formula is C21H30F3NO4. The predicted molar refractivity (Wildman–Crippen MR) is 103 cm³/mol. The van der Waals surface area contributed by atoms with E-state index in [1.165, 1.54) is 6.07 Å². The number of aryl methyl sites for hydroxylation is 1. The Labute approximate surface area is 169 Å². The first-order valence-corrected chi connectivity index (χ1v) is 10.1. The number of aliphatic hydroxyl groups excluding tert-OH is 1. The molecule has 1 heterocycles. The maximum absolute atomic E-state index is 13.1. The quantitative estimate of drug-likeness (QED) is 0.532. The highest BCUT2D eigenvalue weighted by atomic mass is 19.4. The van der Waals surface area contributed by atoms with E-state index in [0.717, 1.165) is 38.1 Å². The van der Waals surface area contributed by atoms with Gasteiger partial charge in [-0.25, -0.2) is 0 Å². The Morgan fingerprint density at radius 1 is 1.24 bits per heavy atom. The average Bonchev–Trinajstić information content (AvgIpc) is 3.15. The Bertz CT molecular complexity index is 660. The van der Waals surface area contributed by atoms with Crippen LogP contribution in [0.4, 0.5) is 13.2 Å². The lowest BCUT2D eigenvalue weighted by Gasteiger charge is -2.23. The number of carboxylic acid groups (broad SMARTS) is 1. The van der Waals surface area contributed by atoms with Crippen molar-refractivity contribution in [3.8, 4) is 0 Å². The molecule has 8 heteroatoms. The van der Waals surface area contributed by atoms with Crippen LogP contribution in [0.25, 0.3) is 0 Å². The molecule has 1 aromatic carbocycles. The monoisotopic (exact) mass is 417 g/mol. The number of unbranched alkanes of at least 4 members (excludes halogenated alkanes) is 1. The highest BCUT2D eigenvalue weighted by Gasteiger charge is 2.31. The standard InChI is InChI=1S/C21H30F3NO4/c1-15(29-14-18(26)13-25-10-4-5-11-25)19-12-17(21(22,23)24)9-8-16(19)6-2-3-7-20(27)28/h8-9,12,15,18,26H,2-7,10-11,13-14H2,1H3,(H,27,28). The van der Waals surface area contributed by atoms with Crippen molar-refractivity contribution in [1.82, 2.24) is 4.90 Å². The third-order valence-electron chi connectivity index (χ3n) is 5.20. The van der Waals surface area contributed by atoms with Gasteiger partial charge < -0.3 is 19.8 Å². The molecule has 0 amide bonds. The minimum atomic E-state index is -4.45. The molecule has 2 unspecified atom stereocenters. The summed E-state index contributed by atoms with van der Waals surface area (Å²) in [6.45, 7) is 4.12. The fourth-order valence-electron chi connectivity index (χ4n) is 3.63. The Morgan fingerprint density at radius 3 is 2.55 bits per heavy atom. The Hall–Kier alpha value is -1.64. The van der Waals surface area contributed by atoms with Gasteiger partial charge in [0.05, 0.1) is 24.4 Å². The zero-order valence-corrected chi connectivity index (χ0v) is 16.7. The lowest BCUT2D eigenvalue weighted by Crippen LogP contribution is -2.33. The first-order chi connectivity index (χ1) is 13.7. The average molecular weight is 417 g/mol. The van der Waals surface area contributed by atoms with Crippen LogP contribution in [0.15, 0.2) is 18.2 Å². The van der Waals surface area contributed by atoms with E-state index in [4.69, 9.17) is 9.84 Å². The first-order valence-electron chi connectivity index (χ1n) is 10.1. The molecule has 0 saturated carbocycles. The van der Waals surface area contributed by atoms with Gasteiger partial charge >= 0.3 is 12.1 Å². The molecule has 5 nitrogen and oxygen atoms in total. The minimum absolute atomic E-state index is 0.0325. The molecular weight excluding hydrogens is 387 g/mol. The number of likely N-dealkylation sites (tertiary alicyclic amines) is 1. The van der Waals surface area contributed by atoms with Crippen molar-refractivity contribution in [2.24, 2.45) is 0 Å². The molecule has 0 aromatic heterocycles. The summed E-state index contributed by atoms with van der Waals surface area (Å²) in [6.07, 6.45) is -2.01. The Morgan fingerprint density at radius 2 is 1.93 bits per heavy atom. The lowest BCUT2D eigenvalue weighted by molar-refractivity contribution is -0.138. The second-order valence-electron chi connectivity index (χ2n) is 7.65. The maximum Gasteiger partial charge on any atom is 0.416 e. The summed E-state index contributed by atoms with van der Waals surface area (Å²) >= 11 is 0. The number of aliphatic hydroxyl groups is 1. The van der Waals surface area contributed by atoms with E-state index in [-0.39, 0.29) is 13.0 Å². The smallest absolute Gasteiger partial charge is 0.416 e. The lowest BCUT2D eigenvalue weighted by atomic mass is 9.95. The zero-order valence-electron chi connectivity index (χ0n) is 16.7. The molecule has 0 bridgehead atoms. The van der Waals surface area contributed by atoms with E-state index >= 15 is 0 Å². The molecule has 1 fully saturated rings. The predicted octanol–water partition coefficient (Wildman–Crippen LogP) is 4.04. The van der Waals surface area contributed by atoms with Gasteiger partial charge in [-0.15, -0.1) is 0 Å². The molecule has 1 aliphatic heterocycles. The van der Waals surface area contributed by atoms with Crippen LogP contribution in [0, 0.1) is 0 Å². The van der Waals surface area contributed by atoms with Crippen molar-refractivity contribution in [2.45, 2.75) is 63.8 Å². The van der Waals surface area contributed by atoms with Gasteiger partial charge in [-0.3, -0.25) is 4.79 Å². The Balaban J connectivity index is 2.01. The molecule has 2 N–H and O–H groups in total. The van der Waals surface area contributed by atoms with E-state index in [0.29, 0.717) is 36.9 Å². The van der Waals surface area contributed by atoms with E-state index in [9.17, 15) is 23.1 Å². The third-order valence-corrected chi connectivity index (χ3v) is 5.20. The van der Waals surface area contributed by atoms with Gasteiger partial charge in [0.15, 0.2) is 0 Å². The highest BCUT2D eigenvalue weighted by molar-refractivity contribution is 5.66. The van der Waals surface area contributed by atoms with Gasteiger partial charge in [0.25, 0.3) is 0 Å². The molecule has 164 valence electrons. The van der Waals surface area contributed by atoms with E-state index in [1.807, 2.05) is 0 Å². The maximum atomic E-state index is 13.1. The van der Waals surface area contributed by atoms with Crippen LogP contribution in [0.2, 0.25) is 0 Å². The molecule has 0 spiro atoms. The molecule has 0 radical (unpaired) electrons. The third kappa shape index (κ3) is 7.95. The van der Waals surface area contributed by atoms with Crippen molar-refractivity contribution in [2.75, 3.05) is 26.2 Å². The van der Waals surface area contributed by atoms with Gasteiger partial charge in [0.1, 0.15) is 0 Å². The summed E-state index contributed by atoms with van der Waals surface area (Å²) in [5.74, 6) is -0.888. The number of hydrogen-bond donors (Lipinski definition) is 2. The number of hydrogen-bond acceptors (Lipinski definition) is 4. The summed E-state index contributed by atoms with van der Waals surface area (Å²) in [6, 6.07) is 3.59. The van der Waals surface area contributed by atoms with Crippen LogP contribution in [-0.4, -0.2) is 53.4 Å². The van der Waals surface area contributed by atoms with Crippen LogP contribution in [0.5, 0.6) is 0 Å². The van der Waals surface area contributed by atoms with Gasteiger partial charge in [0.2, 0.25) is 0 Å². The molecule has 2 atom stereocenters. The van der Waals surface area contributed by atoms with E-state index < -0.39 is 29.9 Å². The largest absolute Gasteiger partial charge is 0.481 e. The number of halogens is 3. The van der Waals surface area contributed by atoms with E-state index in [1.54, 1.807) is 6.92 Å². The van der Waals surface area contributed by atoms with E-state index in [2.05, 4.69) is 4.90 Å². The number of rotatable bonds is 11. The summed E-state index contributed by atoms with van der Waals surface area (Å²) in [5.41, 5.74) is 0.406. The number of ether oxygens (including phenoxy) is 1. The molecule has 2 rings (SSSR count). The molecule has 1 saturated heterocycles. The second-order valence-corrected chi connectivity index (χ2v) is 7.65. The van der Waals surface area contributed by atoms with Gasteiger partial charge in [-0.1, -0.05) is 6.07 Å². The zero-order chi connectivity index (χ0) is 21.4. The summed E-state index contributed by atoms with van der Waals surface area (Å²) < 4.78 is 45.2. The van der Waals surface area contributed by atoms with Crippen molar-refractivity contribution < 1.29 is 32.9 Å². The highest BCUT2D eigenvalue weighted by Crippen LogP contribution is 2.33. The second kappa shape index (κ2) is 10.9. The number of aliphatic carboxylic acids is 1. The summed E-state index contributed by atoms with van der Waals surface area (Å²) in [7, 11) is 0. The van der Waals surface area contributed by atoms with Crippen molar-refractivity contribution >= 4 is 5.97 Å². The van der Waals surface area contributed by atoms with Crippen LogP contribution in [-0.2, 0) is 22.1 Å². The number of carboxylic acids is 1. The van der Waals surface area contributed by atoms with Crippen LogP contribution >= 0.6 is 0 Å². The van der Waals surface area contributed by atoms with Crippen molar-refractivity contribution in [3.05, 3.63) is 34.9 Å². The van der Waals surface area contributed by atoms with Crippen LogP contribution in [0.3, 0.4) is 0 Å². The first kappa shape index (κ1) is 23.6. The summed E-state index contributed by atoms with van der Waals surface area (Å²) in [5, 5.41) is 18.9. The summed E-state index contributed by atoms with van der Waals surface area (Å²) in [4.78, 5) is 12.8. The van der Waals surface area contributed by atoms with Gasteiger partial charge in [0, 0.05) is 13.0 Å². The number of carbonyl (C=O) groups is 1. The molecule has 29 heavy (non-hydrogen) atoms. The minimum Gasteiger partial charge on any atom is -0.481 e. The van der Waals surface area contributed by atoms with Gasteiger partial charge in [-0.05, 0) is 75.4 Å². The number of alkyl halides is 3. The number of benzene rings is 1. The van der Waals surface area contributed by atoms with Gasteiger partial charge in [-0.2, -0.15) is 13.2 Å².